The van der Waals surface area contributed by atoms with E-state index in [9.17, 15) is 4.79 Å². The zero-order chi connectivity index (χ0) is 15.2. The van der Waals surface area contributed by atoms with Crippen LogP contribution in [0.25, 0.3) is 0 Å². The van der Waals surface area contributed by atoms with Crippen LogP contribution in [-0.2, 0) is 16.1 Å². The van der Waals surface area contributed by atoms with Gasteiger partial charge >= 0.3 is 5.97 Å². The van der Waals surface area contributed by atoms with E-state index in [4.69, 9.17) is 21.1 Å². The molecule has 0 amide bonds. The summed E-state index contributed by atoms with van der Waals surface area (Å²) in [4.78, 5) is 11.5. The first kappa shape index (κ1) is 16.1. The van der Waals surface area contributed by atoms with Gasteiger partial charge in [-0.05, 0) is 43.4 Å². The highest BCUT2D eigenvalue weighted by Crippen LogP contribution is 2.27. The molecule has 0 bridgehead atoms. The number of carbonyl (C=O) groups is 1. The third kappa shape index (κ3) is 4.35. The third-order valence-corrected chi connectivity index (χ3v) is 4.37. The molecule has 1 aliphatic rings. The van der Waals surface area contributed by atoms with Gasteiger partial charge < -0.3 is 14.8 Å². The van der Waals surface area contributed by atoms with Crippen LogP contribution >= 0.6 is 11.6 Å². The zero-order valence-corrected chi connectivity index (χ0v) is 13.3. The minimum Gasteiger partial charge on any atom is -0.495 e. The summed E-state index contributed by atoms with van der Waals surface area (Å²) in [5.74, 6) is 0.692. The van der Waals surface area contributed by atoms with E-state index in [1.165, 1.54) is 7.11 Å². The number of rotatable bonds is 5. The molecular weight excluding hydrogens is 290 g/mol. The number of benzene rings is 1. The summed E-state index contributed by atoms with van der Waals surface area (Å²) < 4.78 is 9.95. The normalized spacial score (nSPS) is 21.9. The maximum absolute atomic E-state index is 11.5. The van der Waals surface area contributed by atoms with Crippen LogP contribution in [0.4, 0.5) is 0 Å². The smallest absolute Gasteiger partial charge is 0.308 e. The van der Waals surface area contributed by atoms with Crippen LogP contribution in [0.5, 0.6) is 5.75 Å². The Labute approximate surface area is 130 Å². The summed E-state index contributed by atoms with van der Waals surface area (Å²) >= 11 is 6.12. The Balaban J connectivity index is 1.79. The topological polar surface area (TPSA) is 47.6 Å². The molecule has 0 atom stereocenters. The number of methoxy groups -OCH3 is 2. The van der Waals surface area contributed by atoms with E-state index in [1.807, 2.05) is 18.2 Å². The second-order valence-electron chi connectivity index (χ2n) is 5.42. The van der Waals surface area contributed by atoms with Gasteiger partial charge in [0.25, 0.3) is 0 Å². The molecule has 0 aliphatic heterocycles. The molecule has 5 heteroatoms. The van der Waals surface area contributed by atoms with Gasteiger partial charge in [0.1, 0.15) is 5.75 Å². The molecule has 0 radical (unpaired) electrons. The lowest BCUT2D eigenvalue weighted by molar-refractivity contribution is -0.146. The summed E-state index contributed by atoms with van der Waals surface area (Å²) in [7, 11) is 3.07. The second-order valence-corrected chi connectivity index (χ2v) is 5.83. The predicted molar refractivity (Wildman–Crippen MR) is 82.6 cm³/mol. The van der Waals surface area contributed by atoms with Crippen molar-refractivity contribution in [2.45, 2.75) is 38.3 Å². The number of hydrogen-bond donors (Lipinski definition) is 1. The van der Waals surface area contributed by atoms with E-state index in [-0.39, 0.29) is 11.9 Å². The van der Waals surface area contributed by atoms with Crippen molar-refractivity contribution in [1.29, 1.82) is 0 Å². The lowest BCUT2D eigenvalue weighted by Gasteiger charge is -2.27. The summed E-state index contributed by atoms with van der Waals surface area (Å²) in [6.45, 7) is 0.775. The standard InChI is InChI=1S/C16H22ClNO3/c1-20-15-8-3-11(9-14(15)17)10-18-13-6-4-12(5-7-13)16(19)21-2/h3,8-9,12-13,18H,4-7,10H2,1-2H3. The summed E-state index contributed by atoms with van der Waals surface area (Å²) in [5.41, 5.74) is 1.14. The molecule has 0 saturated heterocycles. The van der Waals surface area contributed by atoms with Crippen LogP contribution in [0.3, 0.4) is 0 Å². The van der Waals surface area contributed by atoms with Crippen molar-refractivity contribution in [3.8, 4) is 5.75 Å². The first-order valence-electron chi connectivity index (χ1n) is 7.27. The molecular formula is C16H22ClNO3. The van der Waals surface area contributed by atoms with E-state index < -0.39 is 0 Å². The molecule has 0 heterocycles. The molecule has 0 spiro atoms. The van der Waals surface area contributed by atoms with Gasteiger partial charge in [-0.2, -0.15) is 0 Å². The van der Waals surface area contributed by atoms with Crippen molar-refractivity contribution in [2.24, 2.45) is 5.92 Å². The van der Waals surface area contributed by atoms with Crippen molar-refractivity contribution in [1.82, 2.24) is 5.32 Å². The molecule has 0 aromatic heterocycles. The highest BCUT2D eigenvalue weighted by atomic mass is 35.5. The minimum absolute atomic E-state index is 0.0727. The highest BCUT2D eigenvalue weighted by molar-refractivity contribution is 6.32. The predicted octanol–water partition coefficient (Wildman–Crippen LogP) is 3.17. The Morgan fingerprint density at radius 1 is 1.29 bits per heavy atom. The SMILES string of the molecule is COC(=O)C1CCC(NCc2ccc(OC)c(Cl)c2)CC1. The van der Waals surface area contributed by atoms with Gasteiger partial charge in [-0.1, -0.05) is 17.7 Å². The maximum Gasteiger partial charge on any atom is 0.308 e. The van der Waals surface area contributed by atoms with Gasteiger partial charge in [0.2, 0.25) is 0 Å². The molecule has 116 valence electrons. The van der Waals surface area contributed by atoms with E-state index in [0.717, 1.165) is 37.8 Å². The number of halogens is 1. The molecule has 1 aliphatic carbocycles. The van der Waals surface area contributed by atoms with Crippen molar-refractivity contribution in [3.63, 3.8) is 0 Å². The van der Waals surface area contributed by atoms with Crippen LogP contribution in [0.15, 0.2) is 18.2 Å². The van der Waals surface area contributed by atoms with Crippen LogP contribution in [0, 0.1) is 5.92 Å². The lowest BCUT2D eigenvalue weighted by Crippen LogP contribution is -2.34. The largest absolute Gasteiger partial charge is 0.495 e. The van der Waals surface area contributed by atoms with Crippen molar-refractivity contribution in [3.05, 3.63) is 28.8 Å². The van der Waals surface area contributed by atoms with Gasteiger partial charge in [0.15, 0.2) is 0 Å². The van der Waals surface area contributed by atoms with Crippen LogP contribution < -0.4 is 10.1 Å². The van der Waals surface area contributed by atoms with E-state index in [1.54, 1.807) is 7.11 Å². The Morgan fingerprint density at radius 3 is 2.57 bits per heavy atom. The zero-order valence-electron chi connectivity index (χ0n) is 12.5. The number of nitrogens with one attached hydrogen (secondary N) is 1. The fourth-order valence-electron chi connectivity index (χ4n) is 2.78. The van der Waals surface area contributed by atoms with Crippen molar-refractivity contribution in [2.75, 3.05) is 14.2 Å². The van der Waals surface area contributed by atoms with Crippen LogP contribution in [0.1, 0.15) is 31.2 Å². The van der Waals surface area contributed by atoms with Gasteiger partial charge in [-0.3, -0.25) is 4.79 Å². The summed E-state index contributed by atoms with van der Waals surface area (Å²) in [5, 5.41) is 4.16. The molecule has 21 heavy (non-hydrogen) atoms. The molecule has 2 rings (SSSR count). The van der Waals surface area contributed by atoms with E-state index >= 15 is 0 Å². The first-order valence-corrected chi connectivity index (χ1v) is 7.65. The second kappa shape index (κ2) is 7.66. The third-order valence-electron chi connectivity index (χ3n) is 4.07. The molecule has 1 aromatic rings. The Morgan fingerprint density at radius 2 is 2.00 bits per heavy atom. The molecule has 1 N–H and O–H groups in total. The minimum atomic E-state index is -0.0737. The Bertz CT molecular complexity index is 484. The number of carbonyl (C=O) groups excluding carboxylic acids is 1. The van der Waals surface area contributed by atoms with Crippen LogP contribution in [0.2, 0.25) is 5.02 Å². The van der Waals surface area contributed by atoms with Crippen molar-refractivity contribution < 1.29 is 14.3 Å². The Kier molecular flexibility index (Phi) is 5.88. The molecule has 1 aromatic carbocycles. The molecule has 1 saturated carbocycles. The monoisotopic (exact) mass is 311 g/mol. The number of esters is 1. The lowest BCUT2D eigenvalue weighted by atomic mass is 9.86. The first-order chi connectivity index (χ1) is 10.1. The highest BCUT2D eigenvalue weighted by Gasteiger charge is 2.26. The maximum atomic E-state index is 11.5. The van der Waals surface area contributed by atoms with Gasteiger partial charge in [-0.25, -0.2) is 0 Å². The average Bonchev–Trinajstić information content (AvgIpc) is 2.52. The van der Waals surface area contributed by atoms with Gasteiger partial charge in [0, 0.05) is 12.6 Å². The fourth-order valence-corrected chi connectivity index (χ4v) is 3.06. The summed E-state index contributed by atoms with van der Waals surface area (Å²) in [6.07, 6.45) is 3.80. The average molecular weight is 312 g/mol. The van der Waals surface area contributed by atoms with Gasteiger partial charge in [-0.15, -0.1) is 0 Å². The number of hydrogen-bond acceptors (Lipinski definition) is 4. The molecule has 0 unspecified atom stereocenters. The molecule has 4 nitrogen and oxygen atoms in total. The fraction of sp³-hybridized carbons (Fsp3) is 0.562. The molecule has 1 fully saturated rings. The van der Waals surface area contributed by atoms with E-state index in [2.05, 4.69) is 5.32 Å². The van der Waals surface area contributed by atoms with Crippen molar-refractivity contribution >= 4 is 17.6 Å². The van der Waals surface area contributed by atoms with Gasteiger partial charge in [0.05, 0.1) is 25.2 Å². The number of ether oxygens (including phenoxy) is 2. The van der Waals surface area contributed by atoms with Crippen LogP contribution in [-0.4, -0.2) is 26.2 Å². The van der Waals surface area contributed by atoms with E-state index in [0.29, 0.717) is 16.8 Å². The quantitative estimate of drug-likeness (QED) is 0.849. The Hall–Kier alpha value is -1.26. The summed E-state index contributed by atoms with van der Waals surface area (Å²) in [6, 6.07) is 6.27.